The molecule has 27 heavy (non-hydrogen) atoms. The summed E-state index contributed by atoms with van der Waals surface area (Å²) < 4.78 is 2.19. The van der Waals surface area contributed by atoms with Crippen molar-refractivity contribution in [3.05, 3.63) is 52.3 Å². The van der Waals surface area contributed by atoms with Gasteiger partial charge in [0.1, 0.15) is 0 Å². The summed E-state index contributed by atoms with van der Waals surface area (Å²) in [4.78, 5) is 25.4. The molecule has 0 aliphatic rings. The number of benzene rings is 1. The van der Waals surface area contributed by atoms with Gasteiger partial charge < -0.3 is 9.47 Å². The van der Waals surface area contributed by atoms with Crippen molar-refractivity contribution in [1.82, 2.24) is 14.9 Å². The summed E-state index contributed by atoms with van der Waals surface area (Å²) >= 11 is 0. The quantitative estimate of drug-likeness (QED) is 0.501. The summed E-state index contributed by atoms with van der Waals surface area (Å²) in [6.45, 7) is 12.9. The molecule has 1 aromatic carbocycles. The van der Waals surface area contributed by atoms with Crippen LogP contribution in [0.5, 0.6) is 0 Å². The minimum atomic E-state index is -0.724. The molecule has 6 nitrogen and oxygen atoms in total. The first kappa shape index (κ1) is 20.4. The van der Waals surface area contributed by atoms with Crippen molar-refractivity contribution in [2.24, 2.45) is 5.10 Å². The molecular formula is C21H28N4O2. The molecule has 1 heterocycles. The van der Waals surface area contributed by atoms with Gasteiger partial charge in [-0.1, -0.05) is 18.2 Å². The molecule has 0 saturated carbocycles. The Morgan fingerprint density at radius 2 is 1.70 bits per heavy atom. The molecule has 0 fully saturated rings. The highest BCUT2D eigenvalue weighted by atomic mass is 16.2. The molecule has 144 valence electrons. The van der Waals surface area contributed by atoms with Crippen molar-refractivity contribution in [3.63, 3.8) is 0 Å². The molecule has 0 atom stereocenters. The fourth-order valence-electron chi connectivity index (χ4n) is 3.28. The van der Waals surface area contributed by atoms with Crippen LogP contribution in [0.3, 0.4) is 0 Å². The van der Waals surface area contributed by atoms with Crippen molar-refractivity contribution in [3.8, 4) is 5.69 Å². The van der Waals surface area contributed by atoms with Crippen LogP contribution >= 0.6 is 0 Å². The summed E-state index contributed by atoms with van der Waals surface area (Å²) in [7, 11) is 0. The molecule has 1 aromatic heterocycles. The number of hydrazone groups is 1. The molecule has 0 aliphatic carbocycles. The van der Waals surface area contributed by atoms with E-state index in [-0.39, 0.29) is 0 Å². The van der Waals surface area contributed by atoms with Crippen LogP contribution in [-0.4, -0.2) is 40.6 Å². The van der Waals surface area contributed by atoms with Crippen LogP contribution in [0.25, 0.3) is 5.69 Å². The maximum absolute atomic E-state index is 12.0. The van der Waals surface area contributed by atoms with Gasteiger partial charge in [0.25, 0.3) is 0 Å². The first-order valence-corrected chi connectivity index (χ1v) is 9.19. The first-order valence-electron chi connectivity index (χ1n) is 9.19. The van der Waals surface area contributed by atoms with E-state index in [9.17, 15) is 9.59 Å². The van der Waals surface area contributed by atoms with E-state index in [4.69, 9.17) is 0 Å². The number of para-hydroxylation sites is 1. The van der Waals surface area contributed by atoms with Crippen molar-refractivity contribution >= 4 is 18.0 Å². The van der Waals surface area contributed by atoms with Crippen LogP contribution in [0.15, 0.2) is 29.4 Å². The van der Waals surface area contributed by atoms with Crippen LogP contribution < -0.4 is 5.43 Å². The maximum atomic E-state index is 12.0. The Balaban J connectivity index is 2.23. The monoisotopic (exact) mass is 368 g/mol. The lowest BCUT2D eigenvalue weighted by molar-refractivity contribution is -0.145. The third-order valence-electron chi connectivity index (χ3n) is 4.75. The normalized spacial score (nSPS) is 11.0. The second-order valence-corrected chi connectivity index (χ2v) is 6.58. The summed E-state index contributed by atoms with van der Waals surface area (Å²) in [5.74, 6) is -1.29. The molecule has 0 saturated heterocycles. The Morgan fingerprint density at radius 3 is 2.26 bits per heavy atom. The molecule has 2 aromatic rings. The fourth-order valence-corrected chi connectivity index (χ4v) is 3.28. The molecule has 2 amide bonds. The predicted molar refractivity (Wildman–Crippen MR) is 108 cm³/mol. The number of hydrogen-bond acceptors (Lipinski definition) is 3. The molecular weight excluding hydrogens is 340 g/mol. The van der Waals surface area contributed by atoms with E-state index < -0.39 is 11.8 Å². The molecule has 0 aliphatic heterocycles. The zero-order chi connectivity index (χ0) is 20.1. The minimum absolute atomic E-state index is 0.489. The lowest BCUT2D eigenvalue weighted by Crippen LogP contribution is -2.41. The smallest absolute Gasteiger partial charge is 0.329 e. The van der Waals surface area contributed by atoms with Gasteiger partial charge in [-0.25, -0.2) is 5.43 Å². The van der Waals surface area contributed by atoms with Crippen molar-refractivity contribution in [1.29, 1.82) is 0 Å². The Hall–Kier alpha value is -2.89. The predicted octanol–water partition coefficient (Wildman–Crippen LogP) is 3.03. The second kappa shape index (κ2) is 8.66. The van der Waals surface area contributed by atoms with Crippen molar-refractivity contribution < 1.29 is 9.59 Å². The molecule has 2 rings (SSSR count). The zero-order valence-corrected chi connectivity index (χ0v) is 17.0. The third-order valence-corrected chi connectivity index (χ3v) is 4.75. The summed E-state index contributed by atoms with van der Waals surface area (Å²) in [6, 6.07) is 8.25. The van der Waals surface area contributed by atoms with Gasteiger partial charge in [0.15, 0.2) is 0 Å². The number of aromatic nitrogens is 1. The number of hydrogen-bond donors (Lipinski definition) is 1. The van der Waals surface area contributed by atoms with Gasteiger partial charge in [0.2, 0.25) is 0 Å². The highest BCUT2D eigenvalue weighted by molar-refractivity contribution is 6.34. The second-order valence-electron chi connectivity index (χ2n) is 6.58. The number of rotatable bonds is 5. The van der Waals surface area contributed by atoms with Gasteiger partial charge in [-0.15, -0.1) is 0 Å². The Bertz CT molecular complexity index is 856. The van der Waals surface area contributed by atoms with Crippen molar-refractivity contribution in [2.45, 2.75) is 41.5 Å². The van der Waals surface area contributed by atoms with Crippen LogP contribution in [0.4, 0.5) is 0 Å². The number of nitrogens with zero attached hydrogens (tertiary/aromatic N) is 3. The van der Waals surface area contributed by atoms with E-state index in [1.807, 2.05) is 39.8 Å². The van der Waals surface area contributed by atoms with E-state index >= 15 is 0 Å². The van der Waals surface area contributed by atoms with Crippen LogP contribution in [-0.2, 0) is 9.59 Å². The Labute approximate surface area is 160 Å². The van der Waals surface area contributed by atoms with Crippen LogP contribution in [0, 0.1) is 27.7 Å². The van der Waals surface area contributed by atoms with Gasteiger partial charge in [0, 0.05) is 30.0 Å². The minimum Gasteiger partial charge on any atom is -0.335 e. The van der Waals surface area contributed by atoms with Gasteiger partial charge in [0.05, 0.1) is 11.9 Å². The van der Waals surface area contributed by atoms with Gasteiger partial charge >= 0.3 is 11.8 Å². The fraction of sp³-hybridized carbons (Fsp3) is 0.381. The summed E-state index contributed by atoms with van der Waals surface area (Å²) in [6.07, 6.45) is 1.58. The largest absolute Gasteiger partial charge is 0.335 e. The number of carbonyl (C=O) groups is 2. The molecule has 0 bridgehead atoms. The molecule has 0 radical (unpaired) electrons. The molecule has 0 unspecified atom stereocenters. The van der Waals surface area contributed by atoms with Gasteiger partial charge in [-0.05, 0) is 58.7 Å². The molecule has 1 N–H and O–H groups in total. The SMILES string of the molecule is CCN(CC)C(=O)C(=O)N/N=C\c1cc(C)n(-c2c(C)cccc2C)c1C. The lowest BCUT2D eigenvalue weighted by Gasteiger charge is -2.16. The zero-order valence-electron chi connectivity index (χ0n) is 17.0. The number of amides is 2. The van der Waals surface area contributed by atoms with Crippen LogP contribution in [0.2, 0.25) is 0 Å². The van der Waals surface area contributed by atoms with Gasteiger partial charge in [-0.2, -0.15) is 5.10 Å². The topological polar surface area (TPSA) is 66.7 Å². The van der Waals surface area contributed by atoms with Gasteiger partial charge in [-0.3, -0.25) is 9.59 Å². The number of carbonyl (C=O) groups excluding carboxylic acids is 2. The number of aryl methyl sites for hydroxylation is 3. The Morgan fingerprint density at radius 1 is 1.11 bits per heavy atom. The van der Waals surface area contributed by atoms with Crippen LogP contribution in [0.1, 0.15) is 41.9 Å². The van der Waals surface area contributed by atoms with E-state index in [1.54, 1.807) is 6.21 Å². The average Bonchev–Trinajstić information content (AvgIpc) is 2.90. The highest BCUT2D eigenvalue weighted by Crippen LogP contribution is 2.25. The average molecular weight is 368 g/mol. The molecule has 0 spiro atoms. The number of likely N-dealkylation sites (N-methyl/N-ethyl adjacent to an activating group) is 1. The maximum Gasteiger partial charge on any atom is 0.329 e. The molecule has 6 heteroatoms. The van der Waals surface area contributed by atoms with E-state index in [0.717, 1.165) is 22.6 Å². The lowest BCUT2D eigenvalue weighted by atomic mass is 10.1. The Kier molecular flexibility index (Phi) is 6.55. The first-order chi connectivity index (χ1) is 12.8. The number of nitrogens with one attached hydrogen (secondary N) is 1. The van der Waals surface area contributed by atoms with E-state index in [1.165, 1.54) is 16.0 Å². The summed E-state index contributed by atoms with van der Waals surface area (Å²) in [5.41, 5.74) is 8.88. The highest BCUT2D eigenvalue weighted by Gasteiger charge is 2.18. The van der Waals surface area contributed by atoms with E-state index in [2.05, 4.69) is 41.1 Å². The third kappa shape index (κ3) is 4.27. The standard InChI is InChI=1S/C21H28N4O2/c1-7-24(8-2)21(27)20(26)23-22-13-18-12-16(5)25(17(18)6)19-14(3)10-9-11-15(19)4/h9-13H,7-8H2,1-6H3,(H,23,26)/b22-13-. The summed E-state index contributed by atoms with van der Waals surface area (Å²) in [5, 5.41) is 3.98. The van der Waals surface area contributed by atoms with E-state index in [0.29, 0.717) is 13.1 Å². The van der Waals surface area contributed by atoms with Crippen molar-refractivity contribution in [2.75, 3.05) is 13.1 Å².